The smallest absolute Gasteiger partial charge is 0.324 e. The van der Waals surface area contributed by atoms with Crippen LogP contribution in [0.25, 0.3) is 0 Å². The maximum atomic E-state index is 12.6. The van der Waals surface area contributed by atoms with Crippen LogP contribution in [0, 0.1) is 0 Å². The van der Waals surface area contributed by atoms with E-state index in [0.717, 1.165) is 29.8 Å². The molecule has 0 aliphatic carbocycles. The number of para-hydroxylation sites is 1. The van der Waals surface area contributed by atoms with E-state index in [2.05, 4.69) is 20.6 Å². The highest BCUT2D eigenvalue weighted by molar-refractivity contribution is 6.03. The second-order valence-corrected chi connectivity index (χ2v) is 5.96. The Morgan fingerprint density at radius 2 is 1.64 bits per heavy atom. The Morgan fingerprint density at radius 3 is 2.25 bits per heavy atom. The summed E-state index contributed by atoms with van der Waals surface area (Å²) in [5, 5.41) is 5.62. The topological polar surface area (TPSA) is 66.9 Å². The highest BCUT2D eigenvalue weighted by atomic mass is 19.4. The monoisotopic (exact) mass is 386 g/mol. The van der Waals surface area contributed by atoms with Gasteiger partial charge in [-0.1, -0.05) is 25.1 Å². The summed E-state index contributed by atoms with van der Waals surface area (Å²) in [6.45, 7) is 2.04. The first-order chi connectivity index (χ1) is 13.4. The summed E-state index contributed by atoms with van der Waals surface area (Å²) in [6.07, 6.45) is -0.876. The molecule has 0 saturated carbocycles. The van der Waals surface area contributed by atoms with Crippen LogP contribution in [0.1, 0.15) is 28.4 Å². The van der Waals surface area contributed by atoms with Crippen LogP contribution < -0.4 is 10.6 Å². The Kier molecular flexibility index (Phi) is 5.58. The Bertz CT molecular complexity index is 954. The van der Waals surface area contributed by atoms with Crippen molar-refractivity contribution in [3.8, 4) is 0 Å². The molecule has 0 aliphatic heterocycles. The summed E-state index contributed by atoms with van der Waals surface area (Å²) in [5.41, 5.74) is 1.64. The number of halogens is 3. The maximum absolute atomic E-state index is 12.6. The zero-order valence-electron chi connectivity index (χ0n) is 14.9. The predicted octanol–water partition coefficient (Wildman–Crippen LogP) is 5.05. The fourth-order valence-corrected chi connectivity index (χ4v) is 2.53. The predicted molar refractivity (Wildman–Crippen MR) is 101 cm³/mol. The molecule has 0 spiro atoms. The van der Waals surface area contributed by atoms with Gasteiger partial charge in [-0.25, -0.2) is 9.97 Å². The highest BCUT2D eigenvalue weighted by Gasteiger charge is 2.30. The number of amides is 1. The molecule has 2 aromatic carbocycles. The normalized spacial score (nSPS) is 11.1. The van der Waals surface area contributed by atoms with E-state index in [1.165, 1.54) is 24.5 Å². The van der Waals surface area contributed by atoms with Crippen molar-refractivity contribution in [2.75, 3.05) is 10.6 Å². The van der Waals surface area contributed by atoms with Gasteiger partial charge >= 0.3 is 6.18 Å². The molecule has 3 aromatic rings. The molecule has 0 bridgehead atoms. The van der Waals surface area contributed by atoms with E-state index in [1.807, 2.05) is 31.2 Å². The first kappa shape index (κ1) is 19.3. The van der Waals surface area contributed by atoms with Gasteiger partial charge in [0.25, 0.3) is 5.91 Å². The number of alkyl halides is 3. The zero-order chi connectivity index (χ0) is 20.1. The minimum atomic E-state index is -4.42. The molecule has 0 unspecified atom stereocenters. The fraction of sp³-hybridized carbons (Fsp3) is 0.150. The lowest BCUT2D eigenvalue weighted by molar-refractivity contribution is -0.137. The lowest BCUT2D eigenvalue weighted by atomic mass is 10.1. The average molecular weight is 386 g/mol. The van der Waals surface area contributed by atoms with Gasteiger partial charge in [-0.05, 0) is 42.3 Å². The molecule has 1 amide bonds. The minimum absolute atomic E-state index is 0.189. The number of aryl methyl sites for hydroxylation is 1. The molecule has 5 nitrogen and oxygen atoms in total. The quantitative estimate of drug-likeness (QED) is 0.644. The van der Waals surface area contributed by atoms with Gasteiger partial charge in [-0.3, -0.25) is 4.79 Å². The number of anilines is 3. The summed E-state index contributed by atoms with van der Waals surface area (Å²) in [4.78, 5) is 20.5. The first-order valence-corrected chi connectivity index (χ1v) is 8.52. The third kappa shape index (κ3) is 4.64. The number of benzene rings is 2. The summed E-state index contributed by atoms with van der Waals surface area (Å²) >= 11 is 0. The Labute approximate surface area is 159 Å². The van der Waals surface area contributed by atoms with Gasteiger partial charge < -0.3 is 10.6 Å². The molecule has 1 aromatic heterocycles. The Morgan fingerprint density at radius 1 is 1.00 bits per heavy atom. The van der Waals surface area contributed by atoms with Gasteiger partial charge in [0, 0.05) is 23.8 Å². The number of aromatic nitrogens is 2. The molecule has 1 heterocycles. The minimum Gasteiger partial charge on any atom is -0.324 e. The van der Waals surface area contributed by atoms with Crippen molar-refractivity contribution in [3.05, 3.63) is 77.6 Å². The number of carbonyl (C=O) groups is 1. The van der Waals surface area contributed by atoms with E-state index in [1.54, 1.807) is 0 Å². The van der Waals surface area contributed by atoms with E-state index < -0.39 is 17.6 Å². The number of nitrogens with zero attached hydrogens (tertiary/aromatic N) is 2. The lowest BCUT2D eigenvalue weighted by Gasteiger charge is -2.10. The van der Waals surface area contributed by atoms with Gasteiger partial charge in [-0.15, -0.1) is 0 Å². The van der Waals surface area contributed by atoms with Gasteiger partial charge in [0.2, 0.25) is 5.95 Å². The molecule has 0 radical (unpaired) electrons. The SMILES string of the molecule is CCc1ccccc1Nc1ncc(C(=O)Nc2ccc(C(F)(F)F)cc2)cn1. The van der Waals surface area contributed by atoms with Crippen molar-refractivity contribution in [3.63, 3.8) is 0 Å². The van der Waals surface area contributed by atoms with E-state index in [0.29, 0.717) is 5.95 Å². The van der Waals surface area contributed by atoms with Crippen LogP contribution in [-0.2, 0) is 12.6 Å². The van der Waals surface area contributed by atoms with Crippen LogP contribution in [-0.4, -0.2) is 15.9 Å². The maximum Gasteiger partial charge on any atom is 0.416 e. The zero-order valence-corrected chi connectivity index (χ0v) is 14.9. The van der Waals surface area contributed by atoms with Crippen molar-refractivity contribution in [1.82, 2.24) is 9.97 Å². The van der Waals surface area contributed by atoms with Gasteiger partial charge in [-0.2, -0.15) is 13.2 Å². The van der Waals surface area contributed by atoms with Crippen LogP contribution in [0.3, 0.4) is 0 Å². The van der Waals surface area contributed by atoms with E-state index in [9.17, 15) is 18.0 Å². The van der Waals surface area contributed by atoms with Crippen LogP contribution in [0.4, 0.5) is 30.5 Å². The molecule has 3 rings (SSSR count). The van der Waals surface area contributed by atoms with Gasteiger partial charge in [0.1, 0.15) is 0 Å². The van der Waals surface area contributed by atoms with Crippen molar-refractivity contribution in [2.45, 2.75) is 19.5 Å². The number of carbonyl (C=O) groups excluding carboxylic acids is 1. The molecule has 2 N–H and O–H groups in total. The van der Waals surface area contributed by atoms with Crippen LogP contribution in [0.5, 0.6) is 0 Å². The fourth-order valence-electron chi connectivity index (χ4n) is 2.53. The van der Waals surface area contributed by atoms with Crippen LogP contribution >= 0.6 is 0 Å². The standard InChI is InChI=1S/C20H17F3N4O/c1-2-13-5-3-4-6-17(13)27-19-24-11-14(12-25-19)18(28)26-16-9-7-15(8-10-16)20(21,22)23/h3-12H,2H2,1H3,(H,26,28)(H,24,25,27). The Hall–Kier alpha value is -3.42. The van der Waals surface area contributed by atoms with E-state index >= 15 is 0 Å². The van der Waals surface area contributed by atoms with Crippen molar-refractivity contribution < 1.29 is 18.0 Å². The molecule has 8 heteroatoms. The van der Waals surface area contributed by atoms with Crippen LogP contribution in [0.2, 0.25) is 0 Å². The van der Waals surface area contributed by atoms with Crippen molar-refractivity contribution >= 4 is 23.2 Å². The third-order valence-corrected chi connectivity index (χ3v) is 4.03. The van der Waals surface area contributed by atoms with Crippen molar-refractivity contribution in [1.29, 1.82) is 0 Å². The summed E-state index contributed by atoms with van der Waals surface area (Å²) in [7, 11) is 0. The van der Waals surface area contributed by atoms with Crippen LogP contribution in [0.15, 0.2) is 60.9 Å². The number of hydrogen-bond acceptors (Lipinski definition) is 4. The lowest BCUT2D eigenvalue weighted by Crippen LogP contribution is -2.13. The van der Waals surface area contributed by atoms with E-state index in [-0.39, 0.29) is 11.3 Å². The van der Waals surface area contributed by atoms with Gasteiger partial charge in [0.15, 0.2) is 0 Å². The second kappa shape index (κ2) is 8.08. The third-order valence-electron chi connectivity index (χ3n) is 4.03. The number of rotatable bonds is 5. The summed E-state index contributed by atoms with van der Waals surface area (Å²) in [5.74, 6) is -0.174. The second-order valence-electron chi connectivity index (χ2n) is 5.96. The largest absolute Gasteiger partial charge is 0.416 e. The number of hydrogen-bond donors (Lipinski definition) is 2. The molecule has 28 heavy (non-hydrogen) atoms. The summed E-state index contributed by atoms with van der Waals surface area (Å²) in [6, 6.07) is 11.9. The van der Waals surface area contributed by atoms with Crippen molar-refractivity contribution in [2.24, 2.45) is 0 Å². The highest BCUT2D eigenvalue weighted by Crippen LogP contribution is 2.29. The van der Waals surface area contributed by atoms with E-state index in [4.69, 9.17) is 0 Å². The molecular weight excluding hydrogens is 369 g/mol. The Balaban J connectivity index is 1.67. The summed E-state index contributed by atoms with van der Waals surface area (Å²) < 4.78 is 37.7. The average Bonchev–Trinajstić information content (AvgIpc) is 2.68. The molecule has 0 saturated heterocycles. The first-order valence-electron chi connectivity index (χ1n) is 8.52. The molecular formula is C20H17F3N4O. The van der Waals surface area contributed by atoms with Gasteiger partial charge in [0.05, 0.1) is 11.1 Å². The molecule has 144 valence electrons. The molecule has 0 fully saturated rings. The molecule has 0 atom stereocenters. The number of nitrogens with one attached hydrogen (secondary N) is 2. The molecule has 0 aliphatic rings.